The molecule has 1 unspecified atom stereocenters. The lowest BCUT2D eigenvalue weighted by atomic mass is 10.00. The number of carbonyl (C=O) groups excluding carboxylic acids is 1. The van der Waals surface area contributed by atoms with Crippen molar-refractivity contribution < 1.29 is 4.79 Å². The molecule has 1 aliphatic rings. The van der Waals surface area contributed by atoms with E-state index in [9.17, 15) is 4.79 Å². The molecule has 6 heteroatoms. The van der Waals surface area contributed by atoms with E-state index in [1.54, 1.807) is 23.3 Å². The maximum Gasteiger partial charge on any atom is 0.321 e. The quantitative estimate of drug-likeness (QED) is 0.868. The summed E-state index contributed by atoms with van der Waals surface area (Å²) in [5.74, 6) is 0. The van der Waals surface area contributed by atoms with Gasteiger partial charge in [0.25, 0.3) is 0 Å². The van der Waals surface area contributed by atoms with E-state index in [1.165, 1.54) is 10.4 Å². The fraction of sp³-hybridized carbons (Fsp3) is 0.267. The van der Waals surface area contributed by atoms with Gasteiger partial charge >= 0.3 is 6.03 Å². The van der Waals surface area contributed by atoms with Crippen LogP contribution < -0.4 is 10.6 Å². The van der Waals surface area contributed by atoms with Crippen molar-refractivity contribution in [3.8, 4) is 0 Å². The van der Waals surface area contributed by atoms with E-state index < -0.39 is 0 Å². The molecular formula is C15H16BrN3OS. The number of nitrogens with zero attached hydrogens (tertiary/aromatic N) is 1. The zero-order valence-corrected chi connectivity index (χ0v) is 14.2. The van der Waals surface area contributed by atoms with Gasteiger partial charge in [0.2, 0.25) is 0 Å². The summed E-state index contributed by atoms with van der Waals surface area (Å²) in [5, 5.41) is 8.35. The number of urea groups is 1. The minimum Gasteiger partial charge on any atom is -0.323 e. The number of hydrogen-bond acceptors (Lipinski definition) is 3. The molecule has 1 aromatic heterocycles. The Labute approximate surface area is 136 Å². The number of anilines is 1. The van der Waals surface area contributed by atoms with Crippen LogP contribution >= 0.6 is 27.3 Å². The van der Waals surface area contributed by atoms with Crippen molar-refractivity contribution in [3.05, 3.63) is 50.1 Å². The Balaban J connectivity index is 1.98. The number of nitrogens with one attached hydrogen (secondary N) is 2. The van der Waals surface area contributed by atoms with Gasteiger partial charge in [-0.15, -0.1) is 11.3 Å². The van der Waals surface area contributed by atoms with E-state index in [4.69, 9.17) is 0 Å². The van der Waals surface area contributed by atoms with E-state index in [0.29, 0.717) is 6.54 Å². The largest absolute Gasteiger partial charge is 0.323 e. The van der Waals surface area contributed by atoms with E-state index in [2.05, 4.69) is 50.1 Å². The monoisotopic (exact) mass is 365 g/mol. The first-order valence-corrected chi connectivity index (χ1v) is 8.32. The van der Waals surface area contributed by atoms with Crippen molar-refractivity contribution in [1.82, 2.24) is 10.2 Å². The van der Waals surface area contributed by atoms with Gasteiger partial charge in [-0.1, -0.05) is 6.07 Å². The van der Waals surface area contributed by atoms with Gasteiger partial charge in [-0.25, -0.2) is 4.79 Å². The summed E-state index contributed by atoms with van der Waals surface area (Å²) in [6, 6.07) is 8.38. The number of carbonyl (C=O) groups is 1. The molecule has 2 aromatic rings. The lowest BCUT2D eigenvalue weighted by Gasteiger charge is -2.27. The summed E-state index contributed by atoms with van der Waals surface area (Å²) >= 11 is 5.33. The van der Waals surface area contributed by atoms with Crippen LogP contribution in [-0.2, 0) is 6.54 Å². The molecule has 1 aromatic carbocycles. The lowest BCUT2D eigenvalue weighted by molar-refractivity contribution is 0.218. The molecule has 2 N–H and O–H groups in total. The van der Waals surface area contributed by atoms with Gasteiger partial charge in [0, 0.05) is 28.6 Å². The van der Waals surface area contributed by atoms with Gasteiger partial charge in [0.05, 0.1) is 6.04 Å². The smallest absolute Gasteiger partial charge is 0.321 e. The highest BCUT2D eigenvalue weighted by Crippen LogP contribution is 2.35. The average molecular weight is 366 g/mol. The third-order valence-corrected chi connectivity index (χ3v) is 5.59. The Kier molecular flexibility index (Phi) is 4.01. The number of fused-ring (bicyclic) bond motifs is 1. The van der Waals surface area contributed by atoms with Gasteiger partial charge in [0.1, 0.15) is 0 Å². The van der Waals surface area contributed by atoms with Crippen molar-refractivity contribution in [2.24, 2.45) is 0 Å². The van der Waals surface area contributed by atoms with Crippen LogP contribution in [0.3, 0.4) is 0 Å². The van der Waals surface area contributed by atoms with Gasteiger partial charge in [-0.2, -0.15) is 0 Å². The molecule has 1 atom stereocenters. The Hall–Kier alpha value is -1.37. The van der Waals surface area contributed by atoms with E-state index in [0.717, 1.165) is 15.7 Å². The second-order valence-electron chi connectivity index (χ2n) is 5.06. The van der Waals surface area contributed by atoms with Gasteiger partial charge in [-0.3, -0.25) is 0 Å². The first kappa shape index (κ1) is 14.6. The normalized spacial score (nSPS) is 15.6. The van der Waals surface area contributed by atoms with Crippen LogP contribution in [-0.4, -0.2) is 25.0 Å². The number of benzene rings is 1. The second kappa shape index (κ2) is 5.79. The van der Waals surface area contributed by atoms with Crippen LogP contribution in [0.15, 0.2) is 34.1 Å². The fourth-order valence-electron chi connectivity index (χ4n) is 2.54. The van der Waals surface area contributed by atoms with E-state index in [-0.39, 0.29) is 12.1 Å². The number of hydrogen-bond donors (Lipinski definition) is 2. The molecule has 110 valence electrons. The van der Waals surface area contributed by atoms with Gasteiger partial charge in [-0.05, 0) is 57.7 Å². The Bertz CT molecular complexity index is 685. The molecule has 0 saturated heterocycles. The number of rotatable bonds is 3. The van der Waals surface area contributed by atoms with Crippen LogP contribution in [0.2, 0.25) is 0 Å². The van der Waals surface area contributed by atoms with Crippen molar-refractivity contribution >= 4 is 39.0 Å². The Morgan fingerprint density at radius 2 is 2.24 bits per heavy atom. The summed E-state index contributed by atoms with van der Waals surface area (Å²) in [7, 11) is 3.76. The zero-order valence-electron chi connectivity index (χ0n) is 11.8. The SMILES string of the molecule is CNC(c1ccc2c(c1)CN(C)C(=O)N2)c1sccc1Br. The molecule has 0 radical (unpaired) electrons. The van der Waals surface area contributed by atoms with Crippen LogP contribution in [0.25, 0.3) is 0 Å². The Morgan fingerprint density at radius 3 is 2.90 bits per heavy atom. The molecule has 1 aliphatic heterocycles. The van der Waals surface area contributed by atoms with E-state index in [1.807, 2.05) is 13.1 Å². The molecule has 0 aliphatic carbocycles. The van der Waals surface area contributed by atoms with Crippen molar-refractivity contribution in [1.29, 1.82) is 0 Å². The van der Waals surface area contributed by atoms with Crippen molar-refractivity contribution in [3.63, 3.8) is 0 Å². The predicted octanol–water partition coefficient (Wildman–Crippen LogP) is 3.80. The van der Waals surface area contributed by atoms with Crippen molar-refractivity contribution in [2.75, 3.05) is 19.4 Å². The number of thiophene rings is 1. The summed E-state index contributed by atoms with van der Waals surface area (Å²) in [5.41, 5.74) is 3.24. The van der Waals surface area contributed by atoms with Crippen LogP contribution in [0.5, 0.6) is 0 Å². The minimum atomic E-state index is -0.0542. The van der Waals surface area contributed by atoms with Crippen LogP contribution in [0.4, 0.5) is 10.5 Å². The third kappa shape index (κ3) is 2.71. The van der Waals surface area contributed by atoms with Crippen molar-refractivity contribution in [2.45, 2.75) is 12.6 Å². The number of halogens is 1. The molecule has 4 nitrogen and oxygen atoms in total. The van der Waals surface area contributed by atoms with Gasteiger partial charge < -0.3 is 15.5 Å². The molecule has 21 heavy (non-hydrogen) atoms. The molecular weight excluding hydrogens is 350 g/mol. The molecule has 2 amide bonds. The predicted molar refractivity (Wildman–Crippen MR) is 89.8 cm³/mol. The first-order valence-electron chi connectivity index (χ1n) is 6.65. The molecule has 2 heterocycles. The Morgan fingerprint density at radius 1 is 1.43 bits per heavy atom. The van der Waals surface area contributed by atoms with Crippen LogP contribution in [0, 0.1) is 0 Å². The highest BCUT2D eigenvalue weighted by Gasteiger charge is 2.22. The molecule has 0 spiro atoms. The number of amides is 2. The highest BCUT2D eigenvalue weighted by atomic mass is 79.9. The molecule has 0 saturated carbocycles. The van der Waals surface area contributed by atoms with Crippen LogP contribution in [0.1, 0.15) is 22.0 Å². The minimum absolute atomic E-state index is 0.0542. The summed E-state index contributed by atoms with van der Waals surface area (Å²) in [6.07, 6.45) is 0. The zero-order chi connectivity index (χ0) is 15.0. The first-order chi connectivity index (χ1) is 10.1. The summed E-state index contributed by atoms with van der Waals surface area (Å²) in [6.45, 7) is 0.636. The topological polar surface area (TPSA) is 44.4 Å². The summed E-state index contributed by atoms with van der Waals surface area (Å²) in [4.78, 5) is 14.6. The highest BCUT2D eigenvalue weighted by molar-refractivity contribution is 9.10. The molecule has 0 fully saturated rings. The average Bonchev–Trinajstić information content (AvgIpc) is 2.88. The molecule has 3 rings (SSSR count). The standard InChI is InChI=1S/C15H16BrN3OS/c1-17-13(14-11(16)5-6-21-14)9-3-4-12-10(7-9)8-19(2)15(20)18-12/h3-7,13,17H,8H2,1-2H3,(H,18,20). The van der Waals surface area contributed by atoms with Gasteiger partial charge in [0.15, 0.2) is 0 Å². The van der Waals surface area contributed by atoms with E-state index >= 15 is 0 Å². The lowest BCUT2D eigenvalue weighted by Crippen LogP contribution is -2.35. The maximum atomic E-state index is 11.7. The maximum absolute atomic E-state index is 11.7. The third-order valence-electron chi connectivity index (χ3n) is 3.65. The summed E-state index contributed by atoms with van der Waals surface area (Å²) < 4.78 is 1.12. The fourth-order valence-corrected chi connectivity index (χ4v) is 4.28. The second-order valence-corrected chi connectivity index (χ2v) is 6.86. The molecule has 0 bridgehead atoms.